The Kier molecular flexibility index (Phi) is 4.19. The first-order valence-electron chi connectivity index (χ1n) is 7.26. The molecule has 0 bridgehead atoms. The van der Waals surface area contributed by atoms with E-state index in [1.54, 1.807) is 49.5 Å². The molecule has 1 aromatic heterocycles. The quantitative estimate of drug-likeness (QED) is 0.730. The van der Waals surface area contributed by atoms with Crippen molar-refractivity contribution in [2.24, 2.45) is 0 Å². The van der Waals surface area contributed by atoms with Crippen molar-refractivity contribution in [1.82, 2.24) is 4.98 Å². The van der Waals surface area contributed by atoms with Crippen LogP contribution < -0.4 is 5.32 Å². The molecule has 0 atom stereocenters. The number of anilines is 2. The van der Waals surface area contributed by atoms with Gasteiger partial charge < -0.3 is 10.1 Å². The smallest absolute Gasteiger partial charge is 0.338 e. The van der Waals surface area contributed by atoms with Crippen molar-refractivity contribution in [1.29, 1.82) is 0 Å². The molecule has 0 radical (unpaired) electrons. The number of para-hydroxylation sites is 1. The summed E-state index contributed by atoms with van der Waals surface area (Å²) in [7, 11) is 0. The number of ether oxygens (including phenoxy) is 1. The maximum absolute atomic E-state index is 13.8. The van der Waals surface area contributed by atoms with Crippen LogP contribution in [0.25, 0.3) is 10.9 Å². The maximum Gasteiger partial charge on any atom is 0.338 e. The maximum atomic E-state index is 13.8. The highest BCUT2D eigenvalue weighted by Gasteiger charge is 2.09. The summed E-state index contributed by atoms with van der Waals surface area (Å²) in [5.41, 5.74) is 2.20. The van der Waals surface area contributed by atoms with Crippen molar-refractivity contribution < 1.29 is 13.9 Å². The molecule has 0 unspecified atom stereocenters. The van der Waals surface area contributed by atoms with E-state index in [4.69, 9.17) is 4.74 Å². The number of aromatic nitrogens is 1. The van der Waals surface area contributed by atoms with Crippen LogP contribution in [0.2, 0.25) is 0 Å². The average Bonchev–Trinajstić information content (AvgIpc) is 2.56. The molecule has 23 heavy (non-hydrogen) atoms. The Morgan fingerprint density at radius 2 is 2.04 bits per heavy atom. The van der Waals surface area contributed by atoms with Gasteiger partial charge in [-0.1, -0.05) is 18.2 Å². The van der Waals surface area contributed by atoms with Crippen molar-refractivity contribution in [2.45, 2.75) is 6.92 Å². The number of hydrogen-bond donors (Lipinski definition) is 1. The van der Waals surface area contributed by atoms with Gasteiger partial charge in [0.1, 0.15) is 11.3 Å². The number of nitrogens with one attached hydrogen (secondary N) is 1. The minimum Gasteiger partial charge on any atom is -0.462 e. The minimum absolute atomic E-state index is 0.305. The number of carbonyl (C=O) groups is 1. The summed E-state index contributed by atoms with van der Waals surface area (Å²) in [5.74, 6) is -0.742. The molecule has 0 aliphatic heterocycles. The molecular weight excluding hydrogens is 295 g/mol. The largest absolute Gasteiger partial charge is 0.462 e. The van der Waals surface area contributed by atoms with E-state index in [0.717, 1.165) is 5.69 Å². The lowest BCUT2D eigenvalue weighted by Crippen LogP contribution is -2.05. The molecule has 3 aromatic rings. The first-order valence-corrected chi connectivity index (χ1v) is 7.26. The van der Waals surface area contributed by atoms with Gasteiger partial charge in [-0.25, -0.2) is 9.18 Å². The molecule has 0 aliphatic rings. The Morgan fingerprint density at radius 1 is 1.22 bits per heavy atom. The van der Waals surface area contributed by atoms with E-state index in [1.165, 1.54) is 6.07 Å². The average molecular weight is 310 g/mol. The lowest BCUT2D eigenvalue weighted by atomic mass is 10.1. The number of nitrogens with zero attached hydrogens (tertiary/aromatic N) is 1. The number of fused-ring (bicyclic) bond motifs is 1. The van der Waals surface area contributed by atoms with Crippen LogP contribution in [0, 0.1) is 5.82 Å². The topological polar surface area (TPSA) is 51.2 Å². The zero-order chi connectivity index (χ0) is 16.2. The van der Waals surface area contributed by atoms with Crippen LogP contribution in [-0.2, 0) is 4.74 Å². The molecule has 4 nitrogen and oxygen atoms in total. The van der Waals surface area contributed by atoms with Crippen LogP contribution in [0.15, 0.2) is 54.7 Å². The Hall–Kier alpha value is -2.95. The van der Waals surface area contributed by atoms with Crippen molar-refractivity contribution >= 4 is 28.2 Å². The zero-order valence-electron chi connectivity index (χ0n) is 12.5. The van der Waals surface area contributed by atoms with Gasteiger partial charge in [0, 0.05) is 23.0 Å². The van der Waals surface area contributed by atoms with Crippen molar-refractivity contribution in [2.75, 3.05) is 11.9 Å². The summed E-state index contributed by atoms with van der Waals surface area (Å²) in [6.07, 6.45) is 1.54. The highest BCUT2D eigenvalue weighted by Crippen LogP contribution is 2.26. The summed E-state index contributed by atoms with van der Waals surface area (Å²) in [6, 6.07) is 13.5. The van der Waals surface area contributed by atoms with Gasteiger partial charge in [0.25, 0.3) is 0 Å². The monoisotopic (exact) mass is 310 g/mol. The highest BCUT2D eigenvalue weighted by atomic mass is 19.1. The molecule has 0 saturated carbocycles. The van der Waals surface area contributed by atoms with E-state index in [9.17, 15) is 9.18 Å². The van der Waals surface area contributed by atoms with Crippen LogP contribution in [0.1, 0.15) is 17.3 Å². The molecular formula is C18H15FN2O2. The van der Waals surface area contributed by atoms with E-state index in [1.807, 2.05) is 6.07 Å². The van der Waals surface area contributed by atoms with Gasteiger partial charge in [0.05, 0.1) is 12.2 Å². The Balaban J connectivity index is 1.95. The van der Waals surface area contributed by atoms with Crippen LogP contribution >= 0.6 is 0 Å². The second kappa shape index (κ2) is 6.44. The Morgan fingerprint density at radius 3 is 2.87 bits per heavy atom. The molecule has 116 valence electrons. The fourth-order valence-electron chi connectivity index (χ4n) is 2.34. The van der Waals surface area contributed by atoms with Gasteiger partial charge >= 0.3 is 5.97 Å². The van der Waals surface area contributed by atoms with E-state index in [0.29, 0.717) is 28.8 Å². The lowest BCUT2D eigenvalue weighted by molar-refractivity contribution is 0.0526. The summed E-state index contributed by atoms with van der Waals surface area (Å²) < 4.78 is 18.8. The fourth-order valence-corrected chi connectivity index (χ4v) is 2.34. The van der Waals surface area contributed by atoms with Crippen LogP contribution in [-0.4, -0.2) is 17.6 Å². The lowest BCUT2D eigenvalue weighted by Gasteiger charge is -2.11. The highest BCUT2D eigenvalue weighted by molar-refractivity contribution is 5.94. The first kappa shape index (κ1) is 15.0. The zero-order valence-corrected chi connectivity index (χ0v) is 12.5. The van der Waals surface area contributed by atoms with Crippen molar-refractivity contribution in [3.05, 3.63) is 66.1 Å². The molecule has 0 aliphatic carbocycles. The molecule has 5 heteroatoms. The third-order valence-corrected chi connectivity index (χ3v) is 3.37. The van der Waals surface area contributed by atoms with Crippen LogP contribution in [0.4, 0.5) is 15.8 Å². The third kappa shape index (κ3) is 3.13. The SMILES string of the molecule is CCOC(=O)c1cccc(Nc2ccnc3c(F)cccc23)c1. The molecule has 2 aromatic carbocycles. The van der Waals surface area contributed by atoms with Crippen LogP contribution in [0.3, 0.4) is 0 Å². The standard InChI is InChI=1S/C18H15FN2O2/c1-2-23-18(22)12-5-3-6-13(11-12)21-16-9-10-20-17-14(16)7-4-8-15(17)19/h3-11H,2H2,1H3,(H,20,21). The summed E-state index contributed by atoms with van der Waals surface area (Å²) in [6.45, 7) is 2.09. The van der Waals surface area contributed by atoms with E-state index in [-0.39, 0.29) is 11.8 Å². The van der Waals surface area contributed by atoms with Crippen molar-refractivity contribution in [3.63, 3.8) is 0 Å². The Labute approximate surface area is 132 Å². The number of pyridine rings is 1. The molecule has 1 heterocycles. The molecule has 0 fully saturated rings. The molecule has 3 rings (SSSR count). The number of rotatable bonds is 4. The summed E-state index contributed by atoms with van der Waals surface area (Å²) in [4.78, 5) is 15.9. The van der Waals surface area contributed by atoms with E-state index >= 15 is 0 Å². The van der Waals surface area contributed by atoms with E-state index < -0.39 is 0 Å². The second-order valence-electron chi connectivity index (χ2n) is 4.92. The predicted molar refractivity (Wildman–Crippen MR) is 87.4 cm³/mol. The fraction of sp³-hybridized carbons (Fsp3) is 0.111. The molecule has 0 spiro atoms. The minimum atomic E-state index is -0.373. The number of benzene rings is 2. The van der Waals surface area contributed by atoms with Gasteiger partial charge in [-0.05, 0) is 37.3 Å². The molecule has 0 saturated heterocycles. The van der Waals surface area contributed by atoms with E-state index in [2.05, 4.69) is 10.3 Å². The number of carbonyl (C=O) groups excluding carboxylic acids is 1. The third-order valence-electron chi connectivity index (χ3n) is 3.37. The summed E-state index contributed by atoms with van der Waals surface area (Å²) in [5, 5.41) is 3.87. The number of esters is 1. The van der Waals surface area contributed by atoms with Gasteiger partial charge in [0.15, 0.2) is 0 Å². The molecule has 0 amide bonds. The normalized spacial score (nSPS) is 10.5. The van der Waals surface area contributed by atoms with Gasteiger partial charge in [-0.2, -0.15) is 0 Å². The van der Waals surface area contributed by atoms with Gasteiger partial charge in [0.2, 0.25) is 0 Å². The van der Waals surface area contributed by atoms with Gasteiger partial charge in [-0.15, -0.1) is 0 Å². The van der Waals surface area contributed by atoms with Crippen LogP contribution in [0.5, 0.6) is 0 Å². The summed E-state index contributed by atoms with van der Waals surface area (Å²) >= 11 is 0. The predicted octanol–water partition coefficient (Wildman–Crippen LogP) is 4.29. The number of hydrogen-bond acceptors (Lipinski definition) is 4. The number of halogens is 1. The molecule has 1 N–H and O–H groups in total. The van der Waals surface area contributed by atoms with Crippen molar-refractivity contribution in [3.8, 4) is 0 Å². The van der Waals surface area contributed by atoms with Gasteiger partial charge in [-0.3, -0.25) is 4.98 Å². The Bertz CT molecular complexity index is 865. The second-order valence-corrected chi connectivity index (χ2v) is 4.92. The first-order chi connectivity index (χ1) is 11.2.